The quantitative estimate of drug-likeness (QED) is 0.0337. The summed E-state index contributed by atoms with van der Waals surface area (Å²) in [5, 5.41) is 11.9. The van der Waals surface area contributed by atoms with Gasteiger partial charge in [-0.1, -0.05) is 0 Å². The van der Waals surface area contributed by atoms with Gasteiger partial charge in [-0.25, -0.2) is 9.59 Å². The highest BCUT2D eigenvalue weighted by molar-refractivity contribution is 5.82. The van der Waals surface area contributed by atoms with Gasteiger partial charge in [-0.15, -0.1) is 0 Å². The van der Waals surface area contributed by atoms with Gasteiger partial charge in [-0.05, 0) is 41.5 Å². The molecule has 6 amide bonds. The standard InChI is InChI=1S/C37H60F12N8O8.2BrH/c1-32(2,3)64-30(62)54-16-24-56(18-7-12-50-26(58)34(38,39)40,19-8-13-51-27(59)35(41,42)43)22-11-23-57(20-9-14-52-28(60)36(44,45)46,21-10-15-53-29(61)37(47,48)49)25-17-55-31(63)65-33(4,5)6;;/h7-25H2,1-6H3,(H4-2,50,51,52,53,54,55,58,59,60,61,62,63);2*1H. The summed E-state index contributed by atoms with van der Waals surface area (Å²) in [4.78, 5) is 71.3. The molecule has 0 heterocycles. The second kappa shape index (κ2) is 29.5. The molecule has 0 aromatic heterocycles. The molecule has 0 aliphatic rings. The van der Waals surface area contributed by atoms with E-state index in [9.17, 15) is 81.5 Å². The zero-order valence-electron chi connectivity index (χ0n) is 37.9. The highest BCUT2D eigenvalue weighted by atomic mass is 79.9. The van der Waals surface area contributed by atoms with Crippen LogP contribution in [0.5, 0.6) is 0 Å². The summed E-state index contributed by atoms with van der Waals surface area (Å²) in [7, 11) is 0. The molecule has 0 fully saturated rings. The number of halogens is 14. The summed E-state index contributed by atoms with van der Waals surface area (Å²) < 4.78 is 166. The Morgan fingerprint density at radius 2 is 0.552 bits per heavy atom. The molecule has 0 rings (SSSR count). The Morgan fingerprint density at radius 3 is 0.746 bits per heavy atom. The van der Waals surface area contributed by atoms with Gasteiger partial charge < -0.3 is 84.3 Å². The number of amides is 6. The lowest BCUT2D eigenvalue weighted by molar-refractivity contribution is -0.945. The van der Waals surface area contributed by atoms with Gasteiger partial charge in [-0.2, -0.15) is 52.7 Å². The molecule has 0 aromatic carbocycles. The summed E-state index contributed by atoms with van der Waals surface area (Å²) in [6.45, 7) is 6.41. The van der Waals surface area contributed by atoms with Crippen LogP contribution in [0.4, 0.5) is 62.3 Å². The maximum absolute atomic E-state index is 13.0. The van der Waals surface area contributed by atoms with Gasteiger partial charge in [0.1, 0.15) is 11.2 Å². The van der Waals surface area contributed by atoms with E-state index in [1.54, 1.807) is 62.8 Å². The van der Waals surface area contributed by atoms with E-state index in [0.29, 0.717) is 0 Å². The lowest BCUT2D eigenvalue weighted by atomic mass is 10.1. The number of alkyl carbamates (subject to hydrolysis) is 2. The summed E-state index contributed by atoms with van der Waals surface area (Å²) in [5.74, 6) is -9.01. The van der Waals surface area contributed by atoms with Gasteiger partial charge in [0, 0.05) is 58.3 Å². The van der Waals surface area contributed by atoms with Crippen molar-refractivity contribution in [1.29, 1.82) is 0 Å². The number of quaternary nitrogens is 2. The fourth-order valence-electron chi connectivity index (χ4n) is 6.37. The highest BCUT2D eigenvalue weighted by Crippen LogP contribution is 2.20. The van der Waals surface area contributed by atoms with Crippen molar-refractivity contribution in [2.45, 2.75) is 110 Å². The molecule has 0 saturated heterocycles. The molecular formula is C37H62Br2F12N8O8. The Morgan fingerprint density at radius 1 is 0.343 bits per heavy atom. The van der Waals surface area contributed by atoms with Crippen molar-refractivity contribution in [3.05, 3.63) is 0 Å². The van der Waals surface area contributed by atoms with Gasteiger partial charge in [-0.3, -0.25) is 19.2 Å². The third kappa shape index (κ3) is 32.0. The minimum atomic E-state index is -5.23. The van der Waals surface area contributed by atoms with Gasteiger partial charge in [0.25, 0.3) is 0 Å². The van der Waals surface area contributed by atoms with Crippen LogP contribution in [0.15, 0.2) is 0 Å². The van der Waals surface area contributed by atoms with Crippen LogP contribution in [0, 0.1) is 0 Å². The zero-order chi connectivity index (χ0) is 50.6. The zero-order valence-corrected chi connectivity index (χ0v) is 41.1. The molecule has 0 atom stereocenters. The van der Waals surface area contributed by atoms with Gasteiger partial charge in [0.15, 0.2) is 0 Å². The summed E-state index contributed by atoms with van der Waals surface area (Å²) >= 11 is 0. The molecular weight excluding hydrogens is 1070 g/mol. The van der Waals surface area contributed by atoms with Crippen molar-refractivity contribution in [2.24, 2.45) is 0 Å². The van der Waals surface area contributed by atoms with Gasteiger partial charge >= 0.3 is 60.5 Å². The first-order chi connectivity index (χ1) is 29.4. The molecule has 0 aliphatic heterocycles. The normalized spacial score (nSPS) is 12.7. The first-order valence-corrected chi connectivity index (χ1v) is 20.5. The number of nitrogens with one attached hydrogen (secondary N) is 6. The first kappa shape index (κ1) is 67.7. The SMILES string of the molecule is CC(C)(C)OC(=O)NCC[N+](CCCNC(=O)C(F)(F)F)(CCCNC(=O)C(F)(F)F)CCC[N+](CCCNC(=O)C(F)(F)F)(CCCNC(=O)C(F)(F)F)CCNC(=O)OC(C)(C)C.[Br-].[Br-]. The van der Waals surface area contributed by atoms with E-state index in [1.807, 2.05) is 0 Å². The average molecular weight is 1130 g/mol. The second-order valence-corrected chi connectivity index (χ2v) is 17.1. The van der Waals surface area contributed by atoms with Crippen LogP contribution >= 0.6 is 0 Å². The molecule has 30 heteroatoms. The van der Waals surface area contributed by atoms with Crippen molar-refractivity contribution >= 4 is 35.8 Å². The van der Waals surface area contributed by atoms with Gasteiger partial charge in [0.2, 0.25) is 0 Å². The molecule has 0 unspecified atom stereocenters. The van der Waals surface area contributed by atoms with E-state index in [2.05, 4.69) is 10.6 Å². The molecule has 396 valence electrons. The predicted octanol–water partition coefficient (Wildman–Crippen LogP) is -1.66. The number of carbonyl (C=O) groups excluding carboxylic acids is 6. The highest BCUT2D eigenvalue weighted by Gasteiger charge is 2.41. The van der Waals surface area contributed by atoms with E-state index in [0.717, 1.165) is 0 Å². The summed E-state index contributed by atoms with van der Waals surface area (Å²) in [5.41, 5.74) is -1.90. The number of rotatable bonds is 26. The van der Waals surface area contributed by atoms with Crippen LogP contribution in [-0.2, 0) is 28.7 Å². The minimum Gasteiger partial charge on any atom is -1.00 e. The Bertz CT molecular complexity index is 1370. The molecule has 0 bridgehead atoms. The van der Waals surface area contributed by atoms with E-state index in [1.165, 1.54) is 0 Å². The number of alkyl halides is 12. The molecule has 0 aliphatic carbocycles. The number of hydrogen-bond acceptors (Lipinski definition) is 8. The van der Waals surface area contributed by atoms with Crippen LogP contribution in [0.2, 0.25) is 0 Å². The van der Waals surface area contributed by atoms with Crippen molar-refractivity contribution in [2.75, 3.05) is 91.6 Å². The molecule has 0 spiro atoms. The number of ether oxygens (including phenoxy) is 2. The topological polar surface area (TPSA) is 193 Å². The predicted molar refractivity (Wildman–Crippen MR) is 207 cm³/mol. The minimum absolute atomic E-state index is 0. The number of carbonyl (C=O) groups is 6. The average Bonchev–Trinajstić information content (AvgIpc) is 3.11. The Balaban J connectivity index is -0.0000205. The largest absolute Gasteiger partial charge is 1.00 e. The van der Waals surface area contributed by atoms with E-state index in [4.69, 9.17) is 9.47 Å². The number of nitrogens with zero attached hydrogens (tertiary/aromatic N) is 2. The molecule has 0 saturated carbocycles. The molecule has 16 nitrogen and oxygen atoms in total. The third-order valence-electron chi connectivity index (χ3n) is 9.18. The van der Waals surface area contributed by atoms with Crippen molar-refractivity contribution in [3.63, 3.8) is 0 Å². The maximum atomic E-state index is 13.0. The van der Waals surface area contributed by atoms with Crippen LogP contribution in [0.1, 0.15) is 73.6 Å². The molecule has 6 N–H and O–H groups in total. The van der Waals surface area contributed by atoms with Crippen LogP contribution in [0.3, 0.4) is 0 Å². The van der Waals surface area contributed by atoms with E-state index >= 15 is 0 Å². The summed E-state index contributed by atoms with van der Waals surface area (Å²) in [6.07, 6.45) is -23.3. The third-order valence-corrected chi connectivity index (χ3v) is 9.18. The van der Waals surface area contributed by atoms with Crippen LogP contribution < -0.4 is 65.9 Å². The molecule has 67 heavy (non-hydrogen) atoms. The molecule has 0 radical (unpaired) electrons. The van der Waals surface area contributed by atoms with Crippen LogP contribution in [0.25, 0.3) is 0 Å². The summed E-state index contributed by atoms with van der Waals surface area (Å²) in [6, 6.07) is 0. The Hall–Kier alpha value is -3.54. The van der Waals surface area contributed by atoms with Crippen molar-refractivity contribution in [1.82, 2.24) is 31.9 Å². The van der Waals surface area contributed by atoms with Crippen LogP contribution in [-0.4, -0.2) is 172 Å². The lowest BCUT2D eigenvalue weighted by Crippen LogP contribution is -3.00. The fourth-order valence-corrected chi connectivity index (χ4v) is 6.37. The van der Waals surface area contributed by atoms with Gasteiger partial charge in [0.05, 0.1) is 65.4 Å². The van der Waals surface area contributed by atoms with Crippen molar-refractivity contribution < 1.29 is 134 Å². The van der Waals surface area contributed by atoms with Crippen molar-refractivity contribution in [3.8, 4) is 0 Å². The Kier molecular flexibility index (Phi) is 29.8. The van der Waals surface area contributed by atoms with E-state index < -0.39 is 97.9 Å². The Labute approximate surface area is 401 Å². The first-order valence-electron chi connectivity index (χ1n) is 20.5. The second-order valence-electron chi connectivity index (χ2n) is 17.1. The fraction of sp³-hybridized carbons (Fsp3) is 0.838. The maximum Gasteiger partial charge on any atom is 0.471 e. The molecule has 0 aromatic rings. The monoisotopic (exact) mass is 1130 g/mol. The smallest absolute Gasteiger partial charge is 0.471 e. The van der Waals surface area contributed by atoms with E-state index in [-0.39, 0.29) is 140 Å². The number of hydrogen-bond donors (Lipinski definition) is 6. The lowest BCUT2D eigenvalue weighted by Gasteiger charge is -2.42.